The zero-order valence-electron chi connectivity index (χ0n) is 14.6. The Labute approximate surface area is 149 Å². The fourth-order valence-electron chi connectivity index (χ4n) is 2.92. The quantitative estimate of drug-likeness (QED) is 0.706. The van der Waals surface area contributed by atoms with Gasteiger partial charge in [-0.25, -0.2) is 8.42 Å². The molecule has 2 N–H and O–H groups in total. The number of nitrogens with zero attached hydrogens (tertiary/aromatic N) is 2. The number of carbonyl (C=O) groups is 1. The summed E-state index contributed by atoms with van der Waals surface area (Å²) >= 11 is 0. The molecule has 2 atom stereocenters. The molecular formula is C17H25N3O4S. The number of benzene rings is 1. The van der Waals surface area contributed by atoms with Gasteiger partial charge in [0, 0.05) is 31.2 Å². The number of nitrogens with one attached hydrogen (secondary N) is 1. The average molecular weight is 367 g/mol. The van der Waals surface area contributed by atoms with E-state index in [-0.39, 0.29) is 29.0 Å². The highest BCUT2D eigenvalue weighted by atomic mass is 32.2. The molecule has 1 saturated heterocycles. The Hall–Kier alpha value is -1.74. The maximum atomic E-state index is 12.9. The van der Waals surface area contributed by atoms with Crippen molar-refractivity contribution in [2.24, 2.45) is 0 Å². The van der Waals surface area contributed by atoms with Crippen LogP contribution in [0.1, 0.15) is 16.8 Å². The van der Waals surface area contributed by atoms with Crippen LogP contribution in [0.4, 0.5) is 0 Å². The number of hydrogen-bond donors (Lipinski definition) is 2. The number of aliphatic hydroxyl groups excluding tert-OH is 1. The Kier molecular flexibility index (Phi) is 6.34. The summed E-state index contributed by atoms with van der Waals surface area (Å²) in [7, 11) is -0.0370. The molecule has 0 spiro atoms. The molecule has 1 aromatic rings. The molecule has 7 nitrogen and oxygen atoms in total. The lowest BCUT2D eigenvalue weighted by molar-refractivity contribution is 0.0291. The van der Waals surface area contributed by atoms with Gasteiger partial charge in [-0.05, 0) is 38.7 Å². The van der Waals surface area contributed by atoms with E-state index in [9.17, 15) is 18.3 Å². The first-order chi connectivity index (χ1) is 11.8. The van der Waals surface area contributed by atoms with Crippen LogP contribution in [-0.4, -0.2) is 74.5 Å². The minimum atomic E-state index is -3.77. The Morgan fingerprint density at radius 2 is 2.20 bits per heavy atom. The van der Waals surface area contributed by atoms with Crippen molar-refractivity contribution in [3.63, 3.8) is 0 Å². The third-order valence-corrected chi connectivity index (χ3v) is 6.17. The molecule has 1 aliphatic rings. The molecule has 0 bridgehead atoms. The predicted molar refractivity (Wildman–Crippen MR) is 95.8 cm³/mol. The number of carbonyl (C=O) groups excluding carboxylic acids is 1. The molecular weight excluding hydrogens is 342 g/mol. The number of amides is 1. The van der Waals surface area contributed by atoms with Crippen LogP contribution in [0, 0.1) is 0 Å². The first-order valence-corrected chi connectivity index (χ1v) is 9.55. The van der Waals surface area contributed by atoms with Gasteiger partial charge in [0.15, 0.2) is 0 Å². The molecule has 0 aliphatic carbocycles. The van der Waals surface area contributed by atoms with Crippen LogP contribution < -0.4 is 5.32 Å². The summed E-state index contributed by atoms with van der Waals surface area (Å²) in [4.78, 5) is 14.0. The standard InChI is InChI=1S/C17H25N3O4S/c1-4-9-18-17(22)13-6-5-7-14(11-13)25(23,24)20-10-8-15(19(2)3)16(21)12-20/h4-7,11,15-16,21H,1,8-10,12H2,2-3H3,(H,18,22)/t15-,16-/m1/s1. The van der Waals surface area contributed by atoms with Gasteiger partial charge in [0.25, 0.3) is 5.91 Å². The Morgan fingerprint density at radius 3 is 2.80 bits per heavy atom. The summed E-state index contributed by atoms with van der Waals surface area (Å²) in [5.74, 6) is -0.358. The van der Waals surface area contributed by atoms with Gasteiger partial charge in [-0.1, -0.05) is 12.1 Å². The highest BCUT2D eigenvalue weighted by molar-refractivity contribution is 7.89. The topological polar surface area (TPSA) is 90.0 Å². The van der Waals surface area contributed by atoms with Gasteiger partial charge in [0.1, 0.15) is 0 Å². The third kappa shape index (κ3) is 4.46. The second kappa shape index (κ2) is 8.09. The van der Waals surface area contributed by atoms with E-state index >= 15 is 0 Å². The molecule has 1 heterocycles. The number of hydrogen-bond acceptors (Lipinski definition) is 5. The Balaban J connectivity index is 2.20. The van der Waals surface area contributed by atoms with Crippen LogP contribution in [0.5, 0.6) is 0 Å². The minimum absolute atomic E-state index is 0.0398. The van der Waals surface area contributed by atoms with Crippen LogP contribution in [0.15, 0.2) is 41.8 Å². The number of rotatable bonds is 6. The molecule has 2 rings (SSSR count). The minimum Gasteiger partial charge on any atom is -0.390 e. The van der Waals surface area contributed by atoms with Crippen LogP contribution in [-0.2, 0) is 10.0 Å². The second-order valence-corrected chi connectivity index (χ2v) is 8.21. The molecule has 8 heteroatoms. The summed E-state index contributed by atoms with van der Waals surface area (Å²) < 4.78 is 27.0. The van der Waals surface area contributed by atoms with E-state index in [2.05, 4.69) is 11.9 Å². The fraction of sp³-hybridized carbons (Fsp3) is 0.471. The van der Waals surface area contributed by atoms with E-state index in [1.165, 1.54) is 16.4 Å². The number of piperidine rings is 1. The summed E-state index contributed by atoms with van der Waals surface area (Å²) in [6, 6.07) is 5.85. The zero-order chi connectivity index (χ0) is 18.6. The lowest BCUT2D eigenvalue weighted by Crippen LogP contribution is -2.53. The molecule has 25 heavy (non-hydrogen) atoms. The largest absolute Gasteiger partial charge is 0.390 e. The summed E-state index contributed by atoms with van der Waals surface area (Å²) in [6.45, 7) is 4.20. The van der Waals surface area contributed by atoms with Crippen molar-refractivity contribution < 1.29 is 18.3 Å². The molecule has 0 saturated carbocycles. The molecule has 0 radical (unpaired) electrons. The smallest absolute Gasteiger partial charge is 0.251 e. The van der Waals surface area contributed by atoms with Crippen molar-refractivity contribution in [2.45, 2.75) is 23.5 Å². The predicted octanol–water partition coefficient (Wildman–Crippen LogP) is 0.288. The van der Waals surface area contributed by atoms with E-state index in [0.29, 0.717) is 19.5 Å². The number of likely N-dealkylation sites (N-methyl/N-ethyl adjacent to an activating group) is 1. The molecule has 0 unspecified atom stereocenters. The Morgan fingerprint density at radius 1 is 1.48 bits per heavy atom. The van der Waals surface area contributed by atoms with Crippen LogP contribution in [0.25, 0.3) is 0 Å². The zero-order valence-corrected chi connectivity index (χ0v) is 15.4. The van der Waals surface area contributed by atoms with Gasteiger partial charge >= 0.3 is 0 Å². The van der Waals surface area contributed by atoms with E-state index in [0.717, 1.165) is 0 Å². The molecule has 1 fully saturated rings. The van der Waals surface area contributed by atoms with Crippen LogP contribution in [0.2, 0.25) is 0 Å². The SMILES string of the molecule is C=CCNC(=O)c1cccc(S(=O)(=O)N2CC[C@@H](N(C)C)[C@H](O)C2)c1. The molecule has 1 aromatic carbocycles. The van der Waals surface area contributed by atoms with Gasteiger partial charge in [-0.3, -0.25) is 4.79 Å². The van der Waals surface area contributed by atoms with Crippen LogP contribution >= 0.6 is 0 Å². The maximum absolute atomic E-state index is 12.9. The van der Waals surface area contributed by atoms with E-state index in [1.807, 2.05) is 19.0 Å². The number of sulfonamides is 1. The highest BCUT2D eigenvalue weighted by Crippen LogP contribution is 2.23. The average Bonchev–Trinajstić information content (AvgIpc) is 2.59. The van der Waals surface area contributed by atoms with Crippen molar-refractivity contribution in [3.05, 3.63) is 42.5 Å². The fourth-order valence-corrected chi connectivity index (χ4v) is 4.44. The number of β-amino-alcohol motifs (C(OH)–C–C–N with tert-alkyl or cyclic N) is 1. The van der Waals surface area contributed by atoms with Gasteiger partial charge in [-0.2, -0.15) is 4.31 Å². The highest BCUT2D eigenvalue weighted by Gasteiger charge is 2.35. The molecule has 1 amide bonds. The summed E-state index contributed by atoms with van der Waals surface area (Å²) in [6.07, 6.45) is 1.35. The van der Waals surface area contributed by atoms with Crippen molar-refractivity contribution in [2.75, 3.05) is 33.7 Å². The van der Waals surface area contributed by atoms with E-state index in [4.69, 9.17) is 0 Å². The van der Waals surface area contributed by atoms with Gasteiger partial charge < -0.3 is 15.3 Å². The monoisotopic (exact) mass is 367 g/mol. The second-order valence-electron chi connectivity index (χ2n) is 6.28. The van der Waals surface area contributed by atoms with Crippen molar-refractivity contribution >= 4 is 15.9 Å². The van der Waals surface area contributed by atoms with E-state index < -0.39 is 16.1 Å². The first kappa shape index (κ1) is 19.6. The molecule has 0 aromatic heterocycles. The Bertz CT molecular complexity index is 733. The van der Waals surface area contributed by atoms with Crippen molar-refractivity contribution in [1.82, 2.24) is 14.5 Å². The molecule has 138 valence electrons. The normalized spacial score (nSPS) is 21.9. The lowest BCUT2D eigenvalue weighted by atomic mass is 10.0. The lowest BCUT2D eigenvalue weighted by Gasteiger charge is -2.38. The van der Waals surface area contributed by atoms with Gasteiger partial charge in [-0.15, -0.1) is 6.58 Å². The van der Waals surface area contributed by atoms with E-state index in [1.54, 1.807) is 18.2 Å². The van der Waals surface area contributed by atoms with Crippen molar-refractivity contribution in [1.29, 1.82) is 0 Å². The summed E-state index contributed by atoms with van der Waals surface area (Å²) in [5, 5.41) is 12.9. The van der Waals surface area contributed by atoms with Crippen LogP contribution in [0.3, 0.4) is 0 Å². The maximum Gasteiger partial charge on any atom is 0.251 e. The first-order valence-electron chi connectivity index (χ1n) is 8.11. The third-order valence-electron chi connectivity index (χ3n) is 4.31. The van der Waals surface area contributed by atoms with Crippen molar-refractivity contribution in [3.8, 4) is 0 Å². The number of aliphatic hydroxyl groups is 1. The molecule has 1 aliphatic heterocycles. The van der Waals surface area contributed by atoms with Gasteiger partial charge in [0.2, 0.25) is 10.0 Å². The summed E-state index contributed by atoms with van der Waals surface area (Å²) in [5.41, 5.74) is 0.270. The van der Waals surface area contributed by atoms with Gasteiger partial charge in [0.05, 0.1) is 11.0 Å².